The van der Waals surface area contributed by atoms with E-state index >= 15 is 0 Å². The van der Waals surface area contributed by atoms with Gasteiger partial charge in [0.2, 0.25) is 0 Å². The van der Waals surface area contributed by atoms with Gasteiger partial charge in [-0.05, 0) is 29.7 Å². The van der Waals surface area contributed by atoms with Gasteiger partial charge in [0.15, 0.2) is 6.23 Å². The zero-order chi connectivity index (χ0) is 26.8. The van der Waals surface area contributed by atoms with Gasteiger partial charge in [-0.15, -0.1) is 0 Å². The summed E-state index contributed by atoms with van der Waals surface area (Å²) in [6.45, 7) is 4.81. The number of benzene rings is 2. The molecule has 2 aromatic carbocycles. The minimum Gasteiger partial charge on any atom is -0.394 e. The van der Waals surface area contributed by atoms with E-state index in [-0.39, 0.29) is 6.61 Å². The summed E-state index contributed by atoms with van der Waals surface area (Å²) in [6.07, 6.45) is 0.557. The van der Waals surface area contributed by atoms with Crippen molar-refractivity contribution in [3.05, 3.63) is 71.9 Å². The van der Waals surface area contributed by atoms with Gasteiger partial charge < -0.3 is 29.4 Å². The number of aromatic nitrogens is 1. The summed E-state index contributed by atoms with van der Waals surface area (Å²) in [7, 11) is 0. The molecule has 0 radical (unpaired) electrons. The fourth-order valence-corrected chi connectivity index (χ4v) is 5.45. The number of fused-ring (bicyclic) bond motifs is 1. The van der Waals surface area contributed by atoms with Crippen LogP contribution in [0.1, 0.15) is 17.4 Å². The molecule has 10 heteroatoms. The number of hydrogen-bond acceptors (Lipinski definition) is 9. The van der Waals surface area contributed by atoms with E-state index in [1.165, 1.54) is 5.56 Å². The Kier molecular flexibility index (Phi) is 7.64. The lowest BCUT2D eigenvalue weighted by molar-refractivity contribution is -0.0518. The zero-order valence-electron chi connectivity index (χ0n) is 21.8. The van der Waals surface area contributed by atoms with Crippen LogP contribution in [0.4, 0.5) is 11.5 Å². The predicted octanol–water partition coefficient (Wildman–Crippen LogP) is 2.14. The van der Waals surface area contributed by atoms with Crippen molar-refractivity contribution in [2.75, 3.05) is 44.9 Å². The Bertz CT molecular complexity index is 1280. The van der Waals surface area contributed by atoms with Crippen molar-refractivity contribution in [2.24, 2.45) is 4.99 Å². The van der Waals surface area contributed by atoms with Gasteiger partial charge >= 0.3 is 0 Å². The summed E-state index contributed by atoms with van der Waals surface area (Å²) < 4.78 is 13.0. The first-order valence-corrected chi connectivity index (χ1v) is 13.5. The first-order chi connectivity index (χ1) is 19.1. The van der Waals surface area contributed by atoms with E-state index in [1.807, 2.05) is 41.5 Å². The standard InChI is InChI=1S/C29H35N5O5/c35-18-25-26(36)27(37)29(39-25)34-17-23(21-4-2-1-3-5-21)24-16-33(19-30-28(24)34)31-22-8-6-20(7-9-22)10-11-32-12-14-38-15-13-32/h1-9,17,19,25-27,29,31,35-37H,10-16,18H2/t25-,26+,27+,29-/m1/s1. The maximum absolute atomic E-state index is 10.7. The Balaban J connectivity index is 1.19. The SMILES string of the molecule is OC[C@H]1O[C@@H](n2cc(-c3ccccc3)c3c2N=CN(Nc2ccc(CCN4CCOCC4)cc2)C3)[C@@H](O)[C@H]1O. The van der Waals surface area contributed by atoms with E-state index in [0.29, 0.717) is 12.4 Å². The molecule has 2 saturated heterocycles. The molecule has 0 unspecified atom stereocenters. The Labute approximate surface area is 227 Å². The van der Waals surface area contributed by atoms with Crippen molar-refractivity contribution >= 4 is 17.8 Å². The Morgan fingerprint density at radius 3 is 2.46 bits per heavy atom. The second kappa shape index (κ2) is 11.5. The van der Waals surface area contributed by atoms with Crippen LogP contribution in [-0.4, -0.2) is 93.9 Å². The Morgan fingerprint density at radius 1 is 0.974 bits per heavy atom. The summed E-state index contributed by atoms with van der Waals surface area (Å²) in [5.74, 6) is 0.653. The summed E-state index contributed by atoms with van der Waals surface area (Å²) in [4.78, 5) is 7.16. The normalized spacial score (nSPS) is 25.2. The number of rotatable bonds is 8. The van der Waals surface area contributed by atoms with E-state index in [0.717, 1.165) is 61.6 Å². The van der Waals surface area contributed by atoms with Crippen molar-refractivity contribution in [2.45, 2.75) is 37.5 Å². The number of ether oxygens (including phenoxy) is 2. The fourth-order valence-electron chi connectivity index (χ4n) is 5.45. The van der Waals surface area contributed by atoms with Crippen LogP contribution in [0.25, 0.3) is 11.1 Å². The van der Waals surface area contributed by atoms with Crippen LogP contribution in [0.2, 0.25) is 0 Å². The highest BCUT2D eigenvalue weighted by molar-refractivity contribution is 5.77. The van der Waals surface area contributed by atoms with Gasteiger partial charge in [-0.25, -0.2) is 4.99 Å². The Morgan fingerprint density at radius 2 is 1.74 bits per heavy atom. The molecule has 2 fully saturated rings. The highest BCUT2D eigenvalue weighted by Gasteiger charge is 2.44. The molecule has 6 rings (SSSR count). The first kappa shape index (κ1) is 26.0. The lowest BCUT2D eigenvalue weighted by Crippen LogP contribution is -2.37. The molecule has 10 nitrogen and oxygen atoms in total. The van der Waals surface area contributed by atoms with Crippen molar-refractivity contribution < 1.29 is 24.8 Å². The molecule has 4 heterocycles. The number of anilines is 1. The third-order valence-electron chi connectivity index (χ3n) is 7.68. The lowest BCUT2D eigenvalue weighted by atomic mass is 10.0. The smallest absolute Gasteiger partial charge is 0.164 e. The molecule has 0 amide bonds. The molecule has 3 aliphatic heterocycles. The topological polar surface area (TPSA) is 115 Å². The average molecular weight is 534 g/mol. The second-order valence-electron chi connectivity index (χ2n) is 10.2. The number of nitrogens with one attached hydrogen (secondary N) is 1. The van der Waals surface area contributed by atoms with E-state index in [4.69, 9.17) is 14.5 Å². The minimum absolute atomic E-state index is 0.378. The van der Waals surface area contributed by atoms with Crippen molar-refractivity contribution in [3.63, 3.8) is 0 Å². The Hall–Kier alpha value is -3.25. The average Bonchev–Trinajstić information content (AvgIpc) is 3.50. The number of morpholine rings is 1. The number of aliphatic hydroxyl groups excluding tert-OH is 3. The zero-order valence-corrected chi connectivity index (χ0v) is 21.8. The maximum atomic E-state index is 10.7. The molecule has 3 aliphatic rings. The summed E-state index contributed by atoms with van der Waals surface area (Å²) in [5.41, 5.74) is 8.64. The fraction of sp³-hybridized carbons (Fsp3) is 0.414. The number of aliphatic hydroxyl groups is 3. The van der Waals surface area contributed by atoms with Crippen LogP contribution in [-0.2, 0) is 22.4 Å². The third-order valence-corrected chi connectivity index (χ3v) is 7.68. The molecule has 0 bridgehead atoms. The first-order valence-electron chi connectivity index (χ1n) is 13.5. The van der Waals surface area contributed by atoms with E-state index in [1.54, 1.807) is 10.9 Å². The minimum atomic E-state index is -1.18. The van der Waals surface area contributed by atoms with Crippen LogP contribution in [0.5, 0.6) is 0 Å². The van der Waals surface area contributed by atoms with Crippen LogP contribution in [0, 0.1) is 0 Å². The van der Waals surface area contributed by atoms with Crippen LogP contribution < -0.4 is 5.43 Å². The molecule has 206 valence electrons. The molecule has 39 heavy (non-hydrogen) atoms. The summed E-state index contributed by atoms with van der Waals surface area (Å²) in [5, 5.41) is 32.5. The van der Waals surface area contributed by atoms with Crippen molar-refractivity contribution in [1.82, 2.24) is 14.5 Å². The van der Waals surface area contributed by atoms with Crippen LogP contribution >= 0.6 is 0 Å². The second-order valence-corrected chi connectivity index (χ2v) is 10.2. The number of nitrogens with zero attached hydrogens (tertiary/aromatic N) is 4. The highest BCUT2D eigenvalue weighted by atomic mass is 16.6. The van der Waals surface area contributed by atoms with Gasteiger partial charge in [0.05, 0.1) is 32.1 Å². The van der Waals surface area contributed by atoms with Crippen molar-refractivity contribution in [1.29, 1.82) is 0 Å². The molecular weight excluding hydrogens is 498 g/mol. The lowest BCUT2D eigenvalue weighted by Gasteiger charge is -2.27. The van der Waals surface area contributed by atoms with E-state index in [2.05, 4.69) is 34.6 Å². The summed E-state index contributed by atoms with van der Waals surface area (Å²) >= 11 is 0. The molecule has 0 aliphatic carbocycles. The van der Waals surface area contributed by atoms with Gasteiger partial charge in [0.25, 0.3) is 0 Å². The molecule has 4 N–H and O–H groups in total. The van der Waals surface area contributed by atoms with E-state index < -0.39 is 24.5 Å². The van der Waals surface area contributed by atoms with Crippen LogP contribution in [0.15, 0.2) is 65.8 Å². The molecule has 1 aromatic heterocycles. The van der Waals surface area contributed by atoms with Gasteiger partial charge in [0.1, 0.15) is 30.5 Å². The molecule has 4 atom stereocenters. The number of hydrazine groups is 1. The van der Waals surface area contributed by atoms with Gasteiger partial charge in [-0.2, -0.15) is 0 Å². The largest absolute Gasteiger partial charge is 0.394 e. The highest BCUT2D eigenvalue weighted by Crippen LogP contribution is 2.41. The number of hydrogen-bond donors (Lipinski definition) is 4. The van der Waals surface area contributed by atoms with Gasteiger partial charge in [0, 0.05) is 37.0 Å². The maximum Gasteiger partial charge on any atom is 0.164 e. The molecular formula is C29H35N5O5. The quantitative estimate of drug-likeness (QED) is 0.348. The van der Waals surface area contributed by atoms with E-state index in [9.17, 15) is 15.3 Å². The van der Waals surface area contributed by atoms with Gasteiger partial charge in [-0.1, -0.05) is 42.5 Å². The third kappa shape index (κ3) is 5.44. The summed E-state index contributed by atoms with van der Waals surface area (Å²) in [6, 6.07) is 18.5. The number of aliphatic imine (C=N–C) groups is 1. The monoisotopic (exact) mass is 533 g/mol. The molecule has 0 saturated carbocycles. The van der Waals surface area contributed by atoms with Crippen LogP contribution in [0.3, 0.4) is 0 Å². The molecule has 0 spiro atoms. The van der Waals surface area contributed by atoms with Gasteiger partial charge in [-0.3, -0.25) is 15.3 Å². The van der Waals surface area contributed by atoms with Crippen molar-refractivity contribution in [3.8, 4) is 11.1 Å². The predicted molar refractivity (Wildman–Crippen MR) is 148 cm³/mol. The molecule has 3 aromatic rings.